The fourth-order valence-corrected chi connectivity index (χ4v) is 2.93. The Bertz CT molecular complexity index is 1120. The lowest BCUT2D eigenvalue weighted by atomic mass is 10.0. The summed E-state index contributed by atoms with van der Waals surface area (Å²) >= 11 is 0. The largest absolute Gasteiger partial charge is 0.427 e. The number of hydrogen-bond acceptors (Lipinski definition) is 5. The van der Waals surface area contributed by atoms with Crippen molar-refractivity contribution in [2.24, 2.45) is 4.99 Å². The predicted molar refractivity (Wildman–Crippen MR) is 107 cm³/mol. The number of fused-ring (bicyclic) bond motifs is 1. The van der Waals surface area contributed by atoms with Crippen molar-refractivity contribution < 1.29 is 19.1 Å². The van der Waals surface area contributed by atoms with Crippen molar-refractivity contribution in [3.05, 3.63) is 83.6 Å². The highest BCUT2D eigenvalue weighted by atomic mass is 16.6. The zero-order chi connectivity index (χ0) is 19.5. The van der Waals surface area contributed by atoms with Gasteiger partial charge in [0.25, 0.3) is 0 Å². The lowest BCUT2D eigenvalue weighted by Gasteiger charge is -2.04. The molecule has 0 radical (unpaired) electrons. The van der Waals surface area contributed by atoms with Crippen LogP contribution in [0.25, 0.3) is 16.8 Å². The summed E-state index contributed by atoms with van der Waals surface area (Å²) in [5.41, 5.74) is 1.75. The molecule has 138 valence electrons. The number of aliphatic imine (C=N–C) groups is 1. The van der Waals surface area contributed by atoms with Crippen molar-refractivity contribution in [1.82, 2.24) is 0 Å². The maximum Gasteiger partial charge on any atom is 0.363 e. The van der Waals surface area contributed by atoms with Crippen LogP contribution < -0.4 is 4.74 Å². The van der Waals surface area contributed by atoms with Gasteiger partial charge in [0, 0.05) is 12.0 Å². The molecule has 5 nitrogen and oxygen atoms in total. The third kappa shape index (κ3) is 3.55. The second-order valence-electron chi connectivity index (χ2n) is 6.26. The zero-order valence-corrected chi connectivity index (χ0v) is 15.2. The number of rotatable bonds is 4. The molecule has 0 saturated heterocycles. The summed E-state index contributed by atoms with van der Waals surface area (Å²) in [7, 11) is 0. The van der Waals surface area contributed by atoms with Crippen LogP contribution in [-0.2, 0) is 14.3 Å². The summed E-state index contributed by atoms with van der Waals surface area (Å²) in [4.78, 5) is 28.0. The van der Waals surface area contributed by atoms with Crippen LogP contribution >= 0.6 is 0 Å². The van der Waals surface area contributed by atoms with Crippen molar-refractivity contribution in [3.8, 4) is 5.75 Å². The first kappa shape index (κ1) is 17.7. The summed E-state index contributed by atoms with van der Waals surface area (Å²) in [6.45, 7) is 1.73. The third-order valence-electron chi connectivity index (χ3n) is 4.34. The van der Waals surface area contributed by atoms with Crippen molar-refractivity contribution in [3.63, 3.8) is 0 Å². The van der Waals surface area contributed by atoms with E-state index in [-0.39, 0.29) is 11.7 Å². The molecule has 0 saturated carbocycles. The van der Waals surface area contributed by atoms with Crippen LogP contribution in [0.1, 0.15) is 24.5 Å². The highest BCUT2D eigenvalue weighted by Crippen LogP contribution is 2.25. The van der Waals surface area contributed by atoms with E-state index in [9.17, 15) is 9.59 Å². The molecule has 4 rings (SSSR count). The number of cyclic esters (lactones) is 1. The van der Waals surface area contributed by atoms with Crippen molar-refractivity contribution in [2.45, 2.75) is 13.3 Å². The number of benzene rings is 3. The van der Waals surface area contributed by atoms with Crippen LogP contribution in [-0.4, -0.2) is 17.8 Å². The molecule has 1 aliphatic heterocycles. The van der Waals surface area contributed by atoms with Gasteiger partial charge in [-0.3, -0.25) is 4.79 Å². The summed E-state index contributed by atoms with van der Waals surface area (Å²) in [6.07, 6.45) is 1.95. The van der Waals surface area contributed by atoms with Gasteiger partial charge in [0.2, 0.25) is 5.90 Å². The van der Waals surface area contributed by atoms with Crippen LogP contribution in [0.3, 0.4) is 0 Å². The Hall–Kier alpha value is -3.73. The molecule has 3 aromatic carbocycles. The second kappa shape index (κ2) is 7.48. The Morgan fingerprint density at radius 2 is 1.79 bits per heavy atom. The Kier molecular flexibility index (Phi) is 4.72. The topological polar surface area (TPSA) is 65.0 Å². The molecule has 3 aromatic rings. The van der Waals surface area contributed by atoms with Crippen molar-refractivity contribution in [1.29, 1.82) is 0 Å². The summed E-state index contributed by atoms with van der Waals surface area (Å²) in [5, 5.41) is 2.02. The minimum Gasteiger partial charge on any atom is -0.427 e. The van der Waals surface area contributed by atoms with Gasteiger partial charge < -0.3 is 9.47 Å². The maximum atomic E-state index is 12.3. The van der Waals surface area contributed by atoms with Crippen LogP contribution in [0.2, 0.25) is 0 Å². The lowest BCUT2D eigenvalue weighted by molar-refractivity contribution is -0.134. The van der Waals surface area contributed by atoms with Gasteiger partial charge in [-0.1, -0.05) is 55.5 Å². The molecule has 0 atom stereocenters. The fraction of sp³-hybridized carbons (Fsp3) is 0.0870. The molecule has 0 amide bonds. The molecule has 0 unspecified atom stereocenters. The number of esters is 2. The molecule has 0 bridgehead atoms. The average molecular weight is 371 g/mol. The Balaban J connectivity index is 1.63. The first-order chi connectivity index (χ1) is 13.6. The van der Waals surface area contributed by atoms with Crippen LogP contribution in [0.4, 0.5) is 0 Å². The van der Waals surface area contributed by atoms with E-state index < -0.39 is 5.97 Å². The molecule has 0 aromatic heterocycles. The van der Waals surface area contributed by atoms with E-state index in [1.54, 1.807) is 37.3 Å². The minimum absolute atomic E-state index is 0.223. The fourth-order valence-electron chi connectivity index (χ4n) is 2.93. The number of hydrogen-bond donors (Lipinski definition) is 0. The third-order valence-corrected chi connectivity index (χ3v) is 4.34. The van der Waals surface area contributed by atoms with Gasteiger partial charge >= 0.3 is 11.9 Å². The van der Waals surface area contributed by atoms with Gasteiger partial charge in [-0.2, -0.15) is 0 Å². The van der Waals surface area contributed by atoms with E-state index in [4.69, 9.17) is 9.47 Å². The summed E-state index contributed by atoms with van der Waals surface area (Å²) < 4.78 is 10.6. The van der Waals surface area contributed by atoms with Crippen molar-refractivity contribution in [2.75, 3.05) is 0 Å². The number of carbonyl (C=O) groups is 2. The number of nitrogens with zero attached hydrogens (tertiary/aromatic N) is 1. The molecule has 28 heavy (non-hydrogen) atoms. The number of carbonyl (C=O) groups excluding carboxylic acids is 2. The maximum absolute atomic E-state index is 12.3. The Labute approximate surface area is 161 Å². The van der Waals surface area contributed by atoms with Crippen LogP contribution in [0, 0.1) is 0 Å². The predicted octanol–water partition coefficient (Wildman–Crippen LogP) is 4.50. The molecule has 0 aliphatic carbocycles. The molecule has 5 heteroatoms. The summed E-state index contributed by atoms with van der Waals surface area (Å²) in [6, 6.07) is 20.5. The Morgan fingerprint density at radius 3 is 2.57 bits per heavy atom. The molecule has 0 fully saturated rings. The standard InChI is InChI=1S/C23H17NO4/c1-2-21(25)27-17-12-10-15(11-13-17)14-20-23(26)28-22(24-20)19-9-5-7-16-6-3-4-8-18(16)19/h3-14H,2H2,1H3. The van der Waals surface area contributed by atoms with E-state index >= 15 is 0 Å². The normalized spacial score (nSPS) is 14.8. The quantitative estimate of drug-likeness (QED) is 0.385. The van der Waals surface area contributed by atoms with Gasteiger partial charge in [0.1, 0.15) is 5.75 Å². The molecule has 0 spiro atoms. The number of ether oxygens (including phenoxy) is 2. The van der Waals surface area contributed by atoms with E-state index in [2.05, 4.69) is 4.99 Å². The lowest BCUT2D eigenvalue weighted by Crippen LogP contribution is -2.06. The highest BCUT2D eigenvalue weighted by Gasteiger charge is 2.25. The SMILES string of the molecule is CCC(=O)Oc1ccc(C=C2N=C(c3cccc4ccccc34)OC2=O)cc1. The minimum atomic E-state index is -0.496. The van der Waals surface area contributed by atoms with Gasteiger partial charge in [0.05, 0.1) is 0 Å². The van der Waals surface area contributed by atoms with Crippen LogP contribution in [0.5, 0.6) is 5.75 Å². The van der Waals surface area contributed by atoms with Crippen LogP contribution in [0.15, 0.2) is 77.4 Å². The first-order valence-corrected chi connectivity index (χ1v) is 8.95. The van der Waals surface area contributed by atoms with E-state index in [1.807, 2.05) is 42.5 Å². The van der Waals surface area contributed by atoms with Gasteiger partial charge in [-0.25, -0.2) is 9.79 Å². The zero-order valence-electron chi connectivity index (χ0n) is 15.2. The Morgan fingerprint density at radius 1 is 1.04 bits per heavy atom. The van der Waals surface area contributed by atoms with E-state index in [1.165, 1.54) is 0 Å². The first-order valence-electron chi connectivity index (χ1n) is 8.95. The average Bonchev–Trinajstić information content (AvgIpc) is 3.09. The summed E-state index contributed by atoms with van der Waals surface area (Å²) in [5.74, 6) is -0.0382. The van der Waals surface area contributed by atoms with Gasteiger partial charge in [0.15, 0.2) is 5.70 Å². The van der Waals surface area contributed by atoms with Gasteiger partial charge in [-0.15, -0.1) is 0 Å². The molecular weight excluding hydrogens is 354 g/mol. The molecule has 1 aliphatic rings. The van der Waals surface area contributed by atoms with E-state index in [0.29, 0.717) is 18.1 Å². The van der Waals surface area contributed by atoms with E-state index in [0.717, 1.165) is 21.9 Å². The molecular formula is C23H17NO4. The molecule has 0 N–H and O–H groups in total. The van der Waals surface area contributed by atoms with Gasteiger partial charge in [-0.05, 0) is 40.6 Å². The highest BCUT2D eigenvalue weighted by molar-refractivity contribution is 6.17. The molecule has 1 heterocycles. The monoisotopic (exact) mass is 371 g/mol. The smallest absolute Gasteiger partial charge is 0.363 e. The second-order valence-corrected chi connectivity index (χ2v) is 6.26. The van der Waals surface area contributed by atoms with Crippen molar-refractivity contribution >= 4 is 34.7 Å².